The number of hydrogen-bond acceptors (Lipinski definition) is 4. The highest BCUT2D eigenvalue weighted by Crippen LogP contribution is 2.37. The van der Waals surface area contributed by atoms with Crippen LogP contribution in [-0.2, 0) is 17.3 Å². The van der Waals surface area contributed by atoms with E-state index in [9.17, 15) is 31.5 Å². The molecule has 0 unspecified atom stereocenters. The summed E-state index contributed by atoms with van der Waals surface area (Å²) in [5.74, 6) is -1.38. The van der Waals surface area contributed by atoms with Gasteiger partial charge in [0.1, 0.15) is 5.69 Å². The van der Waals surface area contributed by atoms with E-state index >= 15 is 0 Å². The molecule has 1 aromatic heterocycles. The van der Waals surface area contributed by atoms with Crippen LogP contribution < -0.4 is 0 Å². The Kier molecular flexibility index (Phi) is 7.28. The summed E-state index contributed by atoms with van der Waals surface area (Å²) in [5.41, 5.74) is -5.66. The van der Waals surface area contributed by atoms with Crippen molar-refractivity contribution in [3.63, 3.8) is 0 Å². The third kappa shape index (κ3) is 4.87. The van der Waals surface area contributed by atoms with Gasteiger partial charge in [0.2, 0.25) is 0 Å². The van der Waals surface area contributed by atoms with Gasteiger partial charge in [0.05, 0.1) is 17.7 Å². The number of halogens is 6. The summed E-state index contributed by atoms with van der Waals surface area (Å²) in [4.78, 5) is 26.5. The van der Waals surface area contributed by atoms with Gasteiger partial charge in [0.15, 0.2) is 5.69 Å². The van der Waals surface area contributed by atoms with E-state index in [1.807, 2.05) is 0 Å². The van der Waals surface area contributed by atoms with Crippen LogP contribution in [0.1, 0.15) is 70.8 Å². The molecule has 0 aliphatic heterocycles. The third-order valence-corrected chi connectivity index (χ3v) is 3.33. The smallest absolute Gasteiger partial charge is 0.434 e. The first-order chi connectivity index (χ1) is 11.6. The lowest BCUT2D eigenvalue weighted by Gasteiger charge is -2.19. The van der Waals surface area contributed by atoms with Crippen LogP contribution in [0.4, 0.5) is 22.0 Å². The molecule has 0 bridgehead atoms. The Hall–Kier alpha value is -1.77. The molecule has 140 valence electrons. The largest absolute Gasteiger partial charge is 0.462 e. The maximum Gasteiger partial charge on any atom is 0.434 e. The molecule has 1 heterocycles. The van der Waals surface area contributed by atoms with Gasteiger partial charge in [0.25, 0.3) is 11.7 Å². The number of alkyl halides is 5. The highest BCUT2D eigenvalue weighted by Gasteiger charge is 2.42. The van der Waals surface area contributed by atoms with E-state index in [1.54, 1.807) is 13.8 Å². The quantitative estimate of drug-likeness (QED) is 0.378. The molecular formula is C15H15ClF5NO3. The molecular weight excluding hydrogens is 373 g/mol. The molecule has 1 rings (SSSR count). The van der Waals surface area contributed by atoms with Crippen molar-refractivity contribution >= 4 is 22.8 Å². The number of ether oxygens (including phenoxy) is 1. The zero-order valence-electron chi connectivity index (χ0n) is 13.3. The topological polar surface area (TPSA) is 56.3 Å². The average molecular weight is 388 g/mol. The molecule has 0 N–H and O–H groups in total. The first-order valence-electron chi connectivity index (χ1n) is 7.35. The zero-order chi connectivity index (χ0) is 19.4. The predicted molar refractivity (Wildman–Crippen MR) is 78.9 cm³/mol. The highest BCUT2D eigenvalue weighted by molar-refractivity contribution is 6.68. The number of hydrogen-bond donors (Lipinski definition) is 0. The van der Waals surface area contributed by atoms with Crippen LogP contribution in [0, 0.1) is 0 Å². The van der Waals surface area contributed by atoms with Crippen molar-refractivity contribution in [3.05, 3.63) is 28.1 Å². The van der Waals surface area contributed by atoms with Crippen LogP contribution in [0.2, 0.25) is 0 Å². The zero-order valence-corrected chi connectivity index (χ0v) is 14.1. The SMILES string of the molecule is CCCOC(=O)c1c(C(F)(F)F)nc(C(F)F)c(C(=O)Cl)c1CCC. The lowest BCUT2D eigenvalue weighted by molar-refractivity contribution is -0.142. The molecule has 25 heavy (non-hydrogen) atoms. The summed E-state index contributed by atoms with van der Waals surface area (Å²) in [6.07, 6.45) is -8.42. The molecule has 10 heteroatoms. The van der Waals surface area contributed by atoms with E-state index in [2.05, 4.69) is 4.98 Å². The second kappa shape index (κ2) is 8.55. The van der Waals surface area contributed by atoms with Gasteiger partial charge in [0, 0.05) is 0 Å². The van der Waals surface area contributed by atoms with Crippen LogP contribution in [0.25, 0.3) is 0 Å². The Morgan fingerprint density at radius 1 is 1.16 bits per heavy atom. The minimum absolute atomic E-state index is 0.176. The Morgan fingerprint density at radius 2 is 1.76 bits per heavy atom. The number of pyridine rings is 1. The van der Waals surface area contributed by atoms with Crippen molar-refractivity contribution in [2.75, 3.05) is 6.61 Å². The van der Waals surface area contributed by atoms with Crippen LogP contribution in [0.5, 0.6) is 0 Å². The first-order valence-corrected chi connectivity index (χ1v) is 7.73. The number of rotatable bonds is 7. The van der Waals surface area contributed by atoms with Crippen molar-refractivity contribution in [1.29, 1.82) is 0 Å². The number of aromatic nitrogens is 1. The van der Waals surface area contributed by atoms with E-state index < -0.39 is 51.9 Å². The van der Waals surface area contributed by atoms with E-state index in [0.717, 1.165) is 0 Å². The average Bonchev–Trinajstić information content (AvgIpc) is 2.50. The molecule has 0 spiro atoms. The van der Waals surface area contributed by atoms with E-state index in [-0.39, 0.29) is 19.4 Å². The molecule has 0 saturated heterocycles. The summed E-state index contributed by atoms with van der Waals surface area (Å²) in [5, 5.41) is -1.41. The van der Waals surface area contributed by atoms with Crippen molar-refractivity contribution in [1.82, 2.24) is 4.98 Å². The van der Waals surface area contributed by atoms with Crippen LogP contribution in [0.15, 0.2) is 0 Å². The summed E-state index contributed by atoms with van der Waals surface area (Å²) < 4.78 is 70.9. The molecule has 0 atom stereocenters. The van der Waals surface area contributed by atoms with Gasteiger partial charge < -0.3 is 4.74 Å². The minimum Gasteiger partial charge on any atom is -0.462 e. The summed E-state index contributed by atoms with van der Waals surface area (Å²) in [6, 6.07) is 0. The van der Waals surface area contributed by atoms with Gasteiger partial charge in [-0.25, -0.2) is 18.6 Å². The fourth-order valence-electron chi connectivity index (χ4n) is 2.22. The minimum atomic E-state index is -5.19. The van der Waals surface area contributed by atoms with Crippen molar-refractivity contribution in [2.24, 2.45) is 0 Å². The summed E-state index contributed by atoms with van der Waals surface area (Å²) in [6.45, 7) is 2.98. The summed E-state index contributed by atoms with van der Waals surface area (Å²) >= 11 is 5.30. The molecule has 4 nitrogen and oxygen atoms in total. The summed E-state index contributed by atoms with van der Waals surface area (Å²) in [7, 11) is 0. The molecule has 0 radical (unpaired) electrons. The molecule has 0 aliphatic carbocycles. The van der Waals surface area contributed by atoms with Crippen LogP contribution in [0.3, 0.4) is 0 Å². The molecule has 1 aromatic rings. The number of nitrogens with zero attached hydrogens (tertiary/aromatic N) is 1. The predicted octanol–water partition coefficient (Wildman–Crippen LogP) is 4.94. The Balaban J connectivity index is 3.88. The second-order valence-corrected chi connectivity index (χ2v) is 5.38. The van der Waals surface area contributed by atoms with Gasteiger partial charge in [-0.15, -0.1) is 0 Å². The Bertz CT molecular complexity index is 662. The third-order valence-electron chi connectivity index (χ3n) is 3.14. The Morgan fingerprint density at radius 3 is 2.16 bits per heavy atom. The number of carbonyl (C=O) groups is 2. The van der Waals surface area contributed by atoms with Gasteiger partial charge in [-0.1, -0.05) is 20.3 Å². The van der Waals surface area contributed by atoms with Crippen molar-refractivity contribution < 1.29 is 36.3 Å². The maximum absolute atomic E-state index is 13.3. The number of carbonyl (C=O) groups excluding carboxylic acids is 2. The molecule has 0 saturated carbocycles. The fourth-order valence-corrected chi connectivity index (χ4v) is 2.43. The van der Waals surface area contributed by atoms with Gasteiger partial charge in [-0.3, -0.25) is 4.79 Å². The van der Waals surface area contributed by atoms with Gasteiger partial charge in [-0.05, 0) is 30.0 Å². The lowest BCUT2D eigenvalue weighted by Crippen LogP contribution is -2.24. The lowest BCUT2D eigenvalue weighted by atomic mass is 9.94. The van der Waals surface area contributed by atoms with Crippen LogP contribution >= 0.6 is 11.6 Å². The Labute approximate surface area is 145 Å². The molecule has 0 aromatic carbocycles. The highest BCUT2D eigenvalue weighted by atomic mass is 35.5. The normalized spacial score (nSPS) is 11.7. The second-order valence-electron chi connectivity index (χ2n) is 5.03. The van der Waals surface area contributed by atoms with Crippen molar-refractivity contribution in [3.8, 4) is 0 Å². The fraction of sp³-hybridized carbons (Fsp3) is 0.533. The van der Waals surface area contributed by atoms with Gasteiger partial charge in [-0.2, -0.15) is 13.2 Å². The maximum atomic E-state index is 13.3. The molecule has 0 fully saturated rings. The van der Waals surface area contributed by atoms with E-state index in [4.69, 9.17) is 16.3 Å². The number of esters is 1. The standard InChI is InChI=1S/C15H15ClF5NO3/c1-3-5-7-8(12(16)23)10(13(17)18)22-11(15(19,20)21)9(7)14(24)25-6-4-2/h13H,3-6H2,1-2H3. The van der Waals surface area contributed by atoms with Gasteiger partial charge >= 0.3 is 12.1 Å². The molecule has 0 aliphatic rings. The van der Waals surface area contributed by atoms with Crippen LogP contribution in [-0.4, -0.2) is 22.8 Å². The first kappa shape index (κ1) is 21.3. The van der Waals surface area contributed by atoms with E-state index in [1.165, 1.54) is 0 Å². The van der Waals surface area contributed by atoms with E-state index in [0.29, 0.717) is 6.42 Å². The monoisotopic (exact) mass is 387 g/mol. The van der Waals surface area contributed by atoms with Crippen molar-refractivity contribution in [2.45, 2.75) is 45.7 Å². The molecule has 0 amide bonds.